The van der Waals surface area contributed by atoms with Gasteiger partial charge in [0.05, 0.1) is 17.1 Å². The highest BCUT2D eigenvalue weighted by molar-refractivity contribution is 7.90. The van der Waals surface area contributed by atoms with Gasteiger partial charge in [0.2, 0.25) is 15.9 Å². The van der Waals surface area contributed by atoms with Crippen molar-refractivity contribution in [3.05, 3.63) is 12.4 Å². The molecule has 3 fully saturated rings. The highest BCUT2D eigenvalue weighted by Crippen LogP contribution is 2.44. The van der Waals surface area contributed by atoms with E-state index in [0.717, 1.165) is 24.9 Å². The lowest BCUT2D eigenvalue weighted by atomic mass is 9.86. The first kappa shape index (κ1) is 14.2. The highest BCUT2D eigenvalue weighted by Gasteiger charge is 2.52. The molecule has 1 aromatic rings. The minimum Gasteiger partial charge on any atom is -0.309 e. The number of amides is 1. The van der Waals surface area contributed by atoms with E-state index in [-0.39, 0.29) is 16.6 Å². The first-order valence-corrected chi connectivity index (χ1v) is 9.18. The second kappa shape index (κ2) is 4.55. The molecule has 3 heterocycles. The molecule has 0 unspecified atom stereocenters. The summed E-state index contributed by atoms with van der Waals surface area (Å²) >= 11 is 0. The number of rotatable bonds is 3. The van der Waals surface area contributed by atoms with Crippen LogP contribution in [0, 0.1) is 5.41 Å². The van der Waals surface area contributed by atoms with Gasteiger partial charge in [-0.05, 0) is 19.3 Å². The quantitative estimate of drug-likeness (QED) is 0.803. The molecule has 2 saturated heterocycles. The zero-order valence-electron chi connectivity index (χ0n) is 12.6. The van der Waals surface area contributed by atoms with Gasteiger partial charge in [-0.2, -0.15) is 5.10 Å². The Balaban J connectivity index is 1.53. The van der Waals surface area contributed by atoms with Crippen molar-refractivity contribution in [3.63, 3.8) is 0 Å². The second-order valence-corrected chi connectivity index (χ2v) is 9.07. The van der Waals surface area contributed by atoms with E-state index in [0.29, 0.717) is 26.1 Å². The van der Waals surface area contributed by atoms with Crippen molar-refractivity contribution in [2.45, 2.75) is 30.9 Å². The van der Waals surface area contributed by atoms with Crippen molar-refractivity contribution in [2.75, 3.05) is 24.5 Å². The van der Waals surface area contributed by atoms with Gasteiger partial charge in [-0.15, -0.1) is 0 Å². The predicted molar refractivity (Wildman–Crippen MR) is 80.7 cm³/mol. The van der Waals surface area contributed by atoms with Gasteiger partial charge in [0.25, 0.3) is 0 Å². The van der Waals surface area contributed by atoms with Crippen molar-refractivity contribution in [1.29, 1.82) is 0 Å². The first-order valence-electron chi connectivity index (χ1n) is 7.68. The van der Waals surface area contributed by atoms with Crippen LogP contribution in [0.15, 0.2) is 12.4 Å². The number of hydrogen-bond donors (Lipinski definition) is 0. The summed E-state index contributed by atoms with van der Waals surface area (Å²) in [6.45, 7) is 1.62. The van der Waals surface area contributed by atoms with Gasteiger partial charge < -0.3 is 4.90 Å². The third-order valence-electron chi connectivity index (χ3n) is 5.03. The summed E-state index contributed by atoms with van der Waals surface area (Å²) in [7, 11) is -1.32. The molecule has 120 valence electrons. The Morgan fingerprint density at radius 1 is 1.32 bits per heavy atom. The van der Waals surface area contributed by atoms with E-state index in [1.807, 2.05) is 13.2 Å². The van der Waals surface area contributed by atoms with E-state index in [9.17, 15) is 13.2 Å². The first-order chi connectivity index (χ1) is 10.4. The van der Waals surface area contributed by atoms with E-state index < -0.39 is 10.0 Å². The Labute approximate surface area is 129 Å². The maximum absolute atomic E-state index is 12.4. The van der Waals surface area contributed by atoms with Crippen molar-refractivity contribution < 1.29 is 13.2 Å². The fraction of sp³-hybridized carbons (Fsp3) is 0.714. The molecule has 0 radical (unpaired) electrons. The number of sulfonamides is 1. The largest absolute Gasteiger partial charge is 0.309 e. The summed E-state index contributed by atoms with van der Waals surface area (Å²) < 4.78 is 28.1. The minimum atomic E-state index is -3.14. The van der Waals surface area contributed by atoms with E-state index in [4.69, 9.17) is 0 Å². The lowest BCUT2D eigenvalue weighted by Crippen LogP contribution is -2.35. The average molecular weight is 324 g/mol. The molecule has 1 spiro atoms. The summed E-state index contributed by atoms with van der Waals surface area (Å²) in [5.74, 6) is 0.0682. The zero-order chi connectivity index (χ0) is 15.5. The molecular weight excluding hydrogens is 304 g/mol. The third kappa shape index (κ3) is 2.16. The van der Waals surface area contributed by atoms with Crippen LogP contribution in [-0.4, -0.2) is 53.3 Å². The Bertz CT molecular complexity index is 724. The van der Waals surface area contributed by atoms with Crippen LogP contribution in [0.3, 0.4) is 0 Å². The van der Waals surface area contributed by atoms with Gasteiger partial charge in [-0.1, -0.05) is 0 Å². The lowest BCUT2D eigenvalue weighted by Gasteiger charge is -2.23. The molecule has 1 atom stereocenters. The average Bonchev–Trinajstić information content (AvgIpc) is 3.00. The topological polar surface area (TPSA) is 75.5 Å². The molecule has 0 N–H and O–H groups in total. The van der Waals surface area contributed by atoms with Crippen LogP contribution in [0.5, 0.6) is 0 Å². The standard InChI is InChI=1S/C14H20N4O3S/c1-16-8-11(7-15-16)18-10-14(6-13(18)19)4-5-17(9-14)22(20,21)12-2-3-12/h7-8,12H,2-6,9-10H2,1H3/t14-/m0/s1. The molecule has 8 heteroatoms. The Hall–Kier alpha value is -1.41. The number of carbonyl (C=O) groups is 1. The molecule has 0 aromatic carbocycles. The van der Waals surface area contributed by atoms with Gasteiger partial charge in [-0.3, -0.25) is 9.48 Å². The van der Waals surface area contributed by atoms with E-state index in [1.54, 1.807) is 20.1 Å². The second-order valence-electron chi connectivity index (χ2n) is 6.86. The van der Waals surface area contributed by atoms with Crippen molar-refractivity contribution in [1.82, 2.24) is 14.1 Å². The molecule has 1 aliphatic carbocycles. The van der Waals surface area contributed by atoms with Gasteiger partial charge in [0.1, 0.15) is 0 Å². The lowest BCUT2D eigenvalue weighted by molar-refractivity contribution is -0.117. The van der Waals surface area contributed by atoms with Crippen LogP contribution in [-0.2, 0) is 21.9 Å². The molecule has 1 aromatic heterocycles. The van der Waals surface area contributed by atoms with E-state index >= 15 is 0 Å². The van der Waals surface area contributed by atoms with Crippen molar-refractivity contribution >= 4 is 21.6 Å². The van der Waals surface area contributed by atoms with Crippen LogP contribution in [0.2, 0.25) is 0 Å². The third-order valence-corrected chi connectivity index (χ3v) is 7.38. The smallest absolute Gasteiger partial charge is 0.227 e. The number of aryl methyl sites for hydroxylation is 1. The summed E-state index contributed by atoms with van der Waals surface area (Å²) in [5.41, 5.74) is 0.572. The van der Waals surface area contributed by atoms with Gasteiger partial charge in [0.15, 0.2) is 0 Å². The molecule has 22 heavy (non-hydrogen) atoms. The van der Waals surface area contributed by atoms with Crippen LogP contribution in [0.25, 0.3) is 0 Å². The fourth-order valence-electron chi connectivity index (χ4n) is 3.64. The normalized spacial score (nSPS) is 29.9. The summed E-state index contributed by atoms with van der Waals surface area (Å²) in [5, 5.41) is 3.94. The summed E-state index contributed by atoms with van der Waals surface area (Å²) in [6.07, 6.45) is 6.27. The molecule has 3 aliphatic rings. The molecule has 0 bridgehead atoms. The molecule has 1 saturated carbocycles. The van der Waals surface area contributed by atoms with Gasteiger partial charge >= 0.3 is 0 Å². The Morgan fingerprint density at radius 3 is 2.73 bits per heavy atom. The molecule has 2 aliphatic heterocycles. The van der Waals surface area contributed by atoms with Crippen LogP contribution < -0.4 is 4.90 Å². The van der Waals surface area contributed by atoms with Gasteiger partial charge in [-0.25, -0.2) is 12.7 Å². The monoisotopic (exact) mass is 324 g/mol. The molecular formula is C14H20N4O3S. The number of anilines is 1. The summed E-state index contributed by atoms with van der Waals surface area (Å²) in [4.78, 5) is 14.1. The number of nitrogens with zero attached hydrogens (tertiary/aromatic N) is 4. The Kier molecular flexibility index (Phi) is 2.93. The molecule has 7 nitrogen and oxygen atoms in total. The number of aromatic nitrogens is 2. The SMILES string of the molecule is Cn1cc(N2C[C@@]3(CCN(S(=O)(=O)C4CC4)C3)CC2=O)cn1. The van der Waals surface area contributed by atoms with E-state index in [1.165, 1.54) is 0 Å². The fourth-order valence-corrected chi connectivity index (χ4v) is 5.59. The van der Waals surface area contributed by atoms with Crippen LogP contribution in [0.1, 0.15) is 25.7 Å². The molecule has 1 amide bonds. The predicted octanol–water partition coefficient (Wildman–Crippen LogP) is 0.341. The maximum atomic E-state index is 12.4. The minimum absolute atomic E-state index is 0.0682. The number of carbonyl (C=O) groups excluding carboxylic acids is 1. The van der Waals surface area contributed by atoms with Crippen molar-refractivity contribution in [2.24, 2.45) is 12.5 Å². The molecule has 4 rings (SSSR count). The van der Waals surface area contributed by atoms with Crippen LogP contribution in [0.4, 0.5) is 5.69 Å². The van der Waals surface area contributed by atoms with Crippen molar-refractivity contribution in [3.8, 4) is 0 Å². The van der Waals surface area contributed by atoms with Crippen LogP contribution >= 0.6 is 0 Å². The summed E-state index contributed by atoms with van der Waals surface area (Å²) in [6, 6.07) is 0. The van der Waals surface area contributed by atoms with Gasteiger partial charge in [0, 0.05) is 44.7 Å². The highest BCUT2D eigenvalue weighted by atomic mass is 32.2. The Morgan fingerprint density at radius 2 is 2.09 bits per heavy atom. The zero-order valence-corrected chi connectivity index (χ0v) is 13.4. The number of hydrogen-bond acceptors (Lipinski definition) is 4. The maximum Gasteiger partial charge on any atom is 0.227 e. The van der Waals surface area contributed by atoms with E-state index in [2.05, 4.69) is 5.10 Å².